The number of aryl methyl sites for hydroxylation is 1. The second-order valence-corrected chi connectivity index (χ2v) is 4.77. The Kier molecular flexibility index (Phi) is 3.42. The van der Waals surface area contributed by atoms with E-state index in [0.29, 0.717) is 11.1 Å². The van der Waals surface area contributed by atoms with Gasteiger partial charge in [-0.1, -0.05) is 24.0 Å². The lowest BCUT2D eigenvalue weighted by Crippen LogP contribution is -2.06. The summed E-state index contributed by atoms with van der Waals surface area (Å²) in [6.45, 7) is 2.21. The number of fused-ring (bicyclic) bond motifs is 1. The van der Waals surface area contributed by atoms with E-state index in [4.69, 9.17) is 4.42 Å². The molecule has 3 rings (SSSR count). The topological polar surface area (TPSA) is 104 Å². The summed E-state index contributed by atoms with van der Waals surface area (Å²) in [5.74, 6) is -0.472. The predicted molar refractivity (Wildman–Crippen MR) is 77.6 cm³/mol. The van der Waals surface area contributed by atoms with Crippen LogP contribution in [0.1, 0.15) is 18.1 Å². The zero-order valence-electron chi connectivity index (χ0n) is 11.7. The van der Waals surface area contributed by atoms with Gasteiger partial charge >= 0.3 is 11.6 Å². The fourth-order valence-electron chi connectivity index (χ4n) is 2.24. The van der Waals surface area contributed by atoms with Crippen molar-refractivity contribution in [3.8, 4) is 0 Å². The Morgan fingerprint density at radius 1 is 1.36 bits per heavy atom. The maximum atomic E-state index is 11.7. The first-order chi connectivity index (χ1) is 10.6. The molecule has 22 heavy (non-hydrogen) atoms. The third-order valence-corrected chi connectivity index (χ3v) is 3.32. The van der Waals surface area contributed by atoms with Gasteiger partial charge in [-0.3, -0.25) is 0 Å². The molecule has 0 saturated carbocycles. The van der Waals surface area contributed by atoms with Crippen molar-refractivity contribution in [1.29, 1.82) is 0 Å². The molecule has 0 radical (unpaired) electrons. The van der Waals surface area contributed by atoms with Crippen molar-refractivity contribution < 1.29 is 9.34 Å². The van der Waals surface area contributed by atoms with Crippen LogP contribution in [-0.2, 0) is 13.0 Å². The van der Waals surface area contributed by atoms with Crippen LogP contribution < -0.4 is 5.63 Å². The van der Waals surface area contributed by atoms with Gasteiger partial charge < -0.3 is 14.5 Å². The molecule has 0 spiro atoms. The molecule has 0 aliphatic carbocycles. The smallest absolute Gasteiger partial charge is 0.423 e. The molecule has 0 amide bonds. The van der Waals surface area contributed by atoms with Crippen molar-refractivity contribution in [2.24, 2.45) is 0 Å². The highest BCUT2D eigenvalue weighted by Crippen LogP contribution is 2.20. The van der Waals surface area contributed by atoms with Crippen molar-refractivity contribution in [2.75, 3.05) is 0 Å². The molecule has 0 aliphatic heterocycles. The molecule has 0 aliphatic rings. The Balaban J connectivity index is 2.05. The summed E-state index contributed by atoms with van der Waals surface area (Å²) < 4.78 is 6.54. The maximum absolute atomic E-state index is 11.7. The molecule has 2 aromatic heterocycles. The van der Waals surface area contributed by atoms with Gasteiger partial charge in [-0.2, -0.15) is 4.68 Å². The highest BCUT2D eigenvalue weighted by molar-refractivity contribution is 5.80. The van der Waals surface area contributed by atoms with E-state index in [9.17, 15) is 14.9 Å². The van der Waals surface area contributed by atoms with Crippen LogP contribution in [0.2, 0.25) is 0 Å². The summed E-state index contributed by atoms with van der Waals surface area (Å²) >= 11 is 0. The number of hydrogen-bond donors (Lipinski definition) is 0. The van der Waals surface area contributed by atoms with Gasteiger partial charge in [-0.15, -0.1) is 0 Å². The number of aromatic nitrogens is 3. The van der Waals surface area contributed by atoms with Gasteiger partial charge in [0.25, 0.3) is 0 Å². The highest BCUT2D eigenvalue weighted by atomic mass is 16.6. The number of hydrogen-bond acceptors (Lipinski definition) is 6. The minimum absolute atomic E-state index is 0.203. The molecule has 0 bridgehead atoms. The van der Waals surface area contributed by atoms with Gasteiger partial charge in [0, 0.05) is 16.6 Å². The first-order valence-electron chi connectivity index (χ1n) is 6.66. The predicted octanol–water partition coefficient (Wildman–Crippen LogP) is 1.90. The van der Waals surface area contributed by atoms with Gasteiger partial charge in [-0.05, 0) is 28.5 Å². The van der Waals surface area contributed by atoms with Crippen LogP contribution in [0.4, 0.5) is 5.95 Å². The minimum atomic E-state index is -0.665. The monoisotopic (exact) mass is 300 g/mol. The zero-order chi connectivity index (χ0) is 15.7. The number of rotatable bonds is 4. The molecule has 2 heterocycles. The van der Waals surface area contributed by atoms with Gasteiger partial charge in [0.2, 0.25) is 6.33 Å². The van der Waals surface area contributed by atoms with E-state index in [0.717, 1.165) is 17.4 Å². The Labute approximate surface area is 124 Å². The maximum Gasteiger partial charge on any atom is 0.490 e. The van der Waals surface area contributed by atoms with Gasteiger partial charge in [-0.25, -0.2) is 4.79 Å². The van der Waals surface area contributed by atoms with Crippen LogP contribution in [-0.4, -0.2) is 19.7 Å². The summed E-state index contributed by atoms with van der Waals surface area (Å²) in [5, 5.41) is 15.1. The molecule has 8 heteroatoms. The average molecular weight is 300 g/mol. The summed E-state index contributed by atoms with van der Waals surface area (Å²) in [6.07, 6.45) is 2.10. The van der Waals surface area contributed by atoms with Gasteiger partial charge in [0.1, 0.15) is 5.58 Å². The van der Waals surface area contributed by atoms with Crippen LogP contribution in [0.3, 0.4) is 0 Å². The fourth-order valence-corrected chi connectivity index (χ4v) is 2.24. The molecule has 1 aromatic carbocycles. The molecule has 8 nitrogen and oxygen atoms in total. The first-order valence-corrected chi connectivity index (χ1v) is 6.66. The quantitative estimate of drug-likeness (QED) is 0.414. The Morgan fingerprint density at radius 2 is 2.18 bits per heavy atom. The lowest BCUT2D eigenvalue weighted by atomic mass is 10.1. The molecule has 0 saturated heterocycles. The van der Waals surface area contributed by atoms with Gasteiger partial charge in [0.15, 0.2) is 0 Å². The second kappa shape index (κ2) is 5.40. The average Bonchev–Trinajstić information content (AvgIpc) is 2.95. The standard InChI is InChI=1S/C14H12N4O4/c1-2-9-3-4-11-10(6-13(19)22-12(11)5-9)7-17-8-15-14(16-17)18(20)21/h3-6,8H,2,7H2,1H3. The molecular formula is C14H12N4O4. The zero-order valence-corrected chi connectivity index (χ0v) is 11.7. The van der Waals surface area contributed by atoms with E-state index in [1.165, 1.54) is 17.1 Å². The van der Waals surface area contributed by atoms with Crippen molar-refractivity contribution in [3.05, 3.63) is 62.3 Å². The third-order valence-electron chi connectivity index (χ3n) is 3.32. The number of nitro groups is 1. The Hall–Kier alpha value is -3.03. The van der Waals surface area contributed by atoms with Crippen LogP contribution in [0.5, 0.6) is 0 Å². The van der Waals surface area contributed by atoms with E-state index >= 15 is 0 Å². The van der Waals surface area contributed by atoms with Crippen molar-refractivity contribution in [2.45, 2.75) is 19.9 Å². The molecule has 3 aromatic rings. The fraction of sp³-hybridized carbons (Fsp3) is 0.214. The number of benzene rings is 1. The van der Waals surface area contributed by atoms with E-state index in [1.807, 2.05) is 25.1 Å². The van der Waals surface area contributed by atoms with Crippen LogP contribution in [0.15, 0.2) is 39.8 Å². The van der Waals surface area contributed by atoms with Crippen molar-refractivity contribution in [3.63, 3.8) is 0 Å². The lowest BCUT2D eigenvalue weighted by molar-refractivity contribution is -0.394. The Bertz CT molecular complexity index is 913. The third kappa shape index (κ3) is 2.58. The van der Waals surface area contributed by atoms with E-state index < -0.39 is 16.5 Å². The Morgan fingerprint density at radius 3 is 2.86 bits per heavy atom. The van der Waals surface area contributed by atoms with Crippen molar-refractivity contribution >= 4 is 16.9 Å². The van der Waals surface area contributed by atoms with Crippen LogP contribution in [0.25, 0.3) is 11.0 Å². The largest absolute Gasteiger partial charge is 0.490 e. The molecule has 0 atom stereocenters. The molecule has 112 valence electrons. The van der Waals surface area contributed by atoms with E-state index in [2.05, 4.69) is 10.1 Å². The normalized spacial score (nSPS) is 11.0. The SMILES string of the molecule is CCc1ccc2c(Cn3cnc([N+](=O)[O-])n3)cc(=O)oc2c1. The minimum Gasteiger partial charge on any atom is -0.423 e. The van der Waals surface area contributed by atoms with Gasteiger partial charge in [0.05, 0.1) is 6.54 Å². The van der Waals surface area contributed by atoms with E-state index in [-0.39, 0.29) is 6.54 Å². The van der Waals surface area contributed by atoms with Crippen molar-refractivity contribution in [1.82, 2.24) is 14.8 Å². The lowest BCUT2D eigenvalue weighted by Gasteiger charge is -2.05. The van der Waals surface area contributed by atoms with Crippen LogP contribution >= 0.6 is 0 Å². The summed E-state index contributed by atoms with van der Waals surface area (Å²) in [5.41, 5.74) is 1.76. The van der Waals surface area contributed by atoms with Crippen LogP contribution in [0, 0.1) is 10.1 Å². The molecule has 0 unspecified atom stereocenters. The highest BCUT2D eigenvalue weighted by Gasteiger charge is 2.15. The second-order valence-electron chi connectivity index (χ2n) is 4.77. The first kappa shape index (κ1) is 13.9. The summed E-state index contributed by atoms with van der Waals surface area (Å²) in [7, 11) is 0. The number of nitrogens with zero attached hydrogens (tertiary/aromatic N) is 4. The molecule has 0 fully saturated rings. The molecular weight excluding hydrogens is 288 g/mol. The summed E-state index contributed by atoms with van der Waals surface area (Å²) in [6, 6.07) is 7.01. The summed E-state index contributed by atoms with van der Waals surface area (Å²) in [4.78, 5) is 25.2. The molecule has 0 N–H and O–H groups in total. The van der Waals surface area contributed by atoms with E-state index in [1.54, 1.807) is 0 Å².